The molecule has 16 heteroatoms. The highest BCUT2D eigenvalue weighted by atomic mass is 32.2. The van der Waals surface area contributed by atoms with Crippen LogP contribution in [0.3, 0.4) is 0 Å². The molecule has 2 aliphatic rings. The zero-order valence-corrected chi connectivity index (χ0v) is 23.9. The van der Waals surface area contributed by atoms with E-state index in [4.69, 9.17) is 4.84 Å². The van der Waals surface area contributed by atoms with Crippen molar-refractivity contribution in [3.8, 4) is 5.75 Å². The summed E-state index contributed by atoms with van der Waals surface area (Å²) in [6.07, 6.45) is 0. The molecule has 0 spiro atoms. The van der Waals surface area contributed by atoms with Gasteiger partial charge in [0.25, 0.3) is 11.8 Å². The van der Waals surface area contributed by atoms with Gasteiger partial charge in [-0.3, -0.25) is 14.5 Å². The van der Waals surface area contributed by atoms with E-state index < -0.39 is 29.2 Å². The summed E-state index contributed by atoms with van der Waals surface area (Å²) in [4.78, 5) is 46.2. The number of oxime groups is 1. The number of fused-ring (bicyclic) bond motifs is 1. The smallest absolute Gasteiger partial charge is 0.352 e. The molecule has 2 aliphatic heterocycles. The second-order valence-corrected chi connectivity index (χ2v) is 11.7. The van der Waals surface area contributed by atoms with Gasteiger partial charge in [-0.05, 0) is 40.3 Å². The van der Waals surface area contributed by atoms with Gasteiger partial charge in [0.15, 0.2) is 11.7 Å². The van der Waals surface area contributed by atoms with Gasteiger partial charge >= 0.3 is 5.97 Å². The summed E-state index contributed by atoms with van der Waals surface area (Å²) in [5.41, 5.74) is 0.604. The quantitative estimate of drug-likeness (QED) is 0.0718. The Morgan fingerprint density at radius 3 is 2.71 bits per heavy atom. The van der Waals surface area contributed by atoms with Crippen molar-refractivity contribution < 1.29 is 29.4 Å². The highest BCUT2D eigenvalue weighted by Crippen LogP contribution is 2.41. The van der Waals surface area contributed by atoms with Crippen LogP contribution >= 0.6 is 35.3 Å². The number of hydrogen-bond acceptors (Lipinski definition) is 12. The number of hydrogen-bond donors (Lipinski definition) is 3. The third kappa shape index (κ3) is 6.34. The molecule has 1 fully saturated rings. The van der Waals surface area contributed by atoms with E-state index in [0.29, 0.717) is 16.5 Å². The van der Waals surface area contributed by atoms with Gasteiger partial charge < -0.3 is 20.4 Å². The fourth-order valence-electron chi connectivity index (χ4n) is 4.08. The van der Waals surface area contributed by atoms with Crippen LogP contribution < -0.4 is 5.32 Å². The van der Waals surface area contributed by atoms with Crippen LogP contribution in [0.15, 0.2) is 81.1 Å². The van der Waals surface area contributed by atoms with Gasteiger partial charge in [-0.2, -0.15) is 0 Å². The minimum absolute atomic E-state index is 0.0749. The largest absolute Gasteiger partial charge is 0.508 e. The lowest BCUT2D eigenvalue weighted by molar-refractivity contribution is -0.150. The van der Waals surface area contributed by atoms with Crippen LogP contribution in [0.1, 0.15) is 5.56 Å². The van der Waals surface area contributed by atoms with E-state index in [1.165, 1.54) is 57.0 Å². The molecule has 1 unspecified atom stereocenters. The van der Waals surface area contributed by atoms with E-state index in [-0.39, 0.29) is 34.4 Å². The van der Waals surface area contributed by atoms with Crippen molar-refractivity contribution in [1.82, 2.24) is 30.4 Å². The lowest BCUT2D eigenvalue weighted by Gasteiger charge is -2.49. The predicted octanol–water partition coefficient (Wildman–Crippen LogP) is 1.92. The molecule has 3 N–H and O–H groups in total. The molecule has 13 nitrogen and oxygen atoms in total. The van der Waals surface area contributed by atoms with Gasteiger partial charge in [0.05, 0.1) is 0 Å². The van der Waals surface area contributed by atoms with Gasteiger partial charge in [-0.1, -0.05) is 59.0 Å². The number of aryl methyl sites for hydroxylation is 1. The van der Waals surface area contributed by atoms with E-state index in [1.807, 2.05) is 30.3 Å². The zero-order chi connectivity index (χ0) is 28.9. The first kappa shape index (κ1) is 28.5. The third-order valence-electron chi connectivity index (χ3n) is 6.01. The molecule has 212 valence electrons. The number of carbonyl (C=O) groups is 3. The third-order valence-corrected chi connectivity index (χ3v) is 9.27. The Bertz CT molecular complexity index is 1530. The molecule has 0 aliphatic carbocycles. The Labute approximate surface area is 246 Å². The minimum atomic E-state index is -1.23. The molecule has 5 rings (SSSR count). The summed E-state index contributed by atoms with van der Waals surface area (Å²) in [6, 6.07) is 14.5. The van der Waals surface area contributed by atoms with Gasteiger partial charge in [0.1, 0.15) is 22.9 Å². The summed E-state index contributed by atoms with van der Waals surface area (Å²) in [5.74, 6) is -1.81. The standard InChI is InChI=1S/C25H23N7O6S3/c1-31-25(27-29-30-31)40-12-15-11-39-23-19(22(35)32(23)20(15)24(36)37)26-21(34)18(14-6-5-7-16(33)10-14)28-38-13-41-17-8-3-2-4-9-17/h2-10,19,23,33H,11-13H2,1H3,(H,26,34)(H,36,37)/t19?,23-/m1/s1. The van der Waals surface area contributed by atoms with Crippen molar-refractivity contribution in [3.05, 3.63) is 71.4 Å². The molecule has 2 atom stereocenters. The van der Waals surface area contributed by atoms with Crippen LogP contribution in [0, 0.1) is 0 Å². The Balaban J connectivity index is 1.29. The maximum Gasteiger partial charge on any atom is 0.352 e. The average molecular weight is 614 g/mol. The fraction of sp³-hybridized carbons (Fsp3) is 0.240. The number of rotatable bonds is 11. The van der Waals surface area contributed by atoms with Crippen LogP contribution in [-0.4, -0.2) is 87.7 Å². The number of tetrazole rings is 1. The number of nitrogens with one attached hydrogen (secondary N) is 1. The number of nitrogens with zero attached hydrogens (tertiary/aromatic N) is 6. The lowest BCUT2D eigenvalue weighted by Crippen LogP contribution is -2.71. The fourth-order valence-corrected chi connectivity index (χ4v) is 7.01. The Morgan fingerprint density at radius 1 is 1.20 bits per heavy atom. The van der Waals surface area contributed by atoms with Crippen LogP contribution in [0.25, 0.3) is 0 Å². The van der Waals surface area contributed by atoms with Crippen molar-refractivity contribution in [2.45, 2.75) is 21.5 Å². The first-order valence-corrected chi connectivity index (χ1v) is 15.1. The molecule has 1 aromatic heterocycles. The molecule has 2 amide bonds. The van der Waals surface area contributed by atoms with Crippen LogP contribution in [0.4, 0.5) is 0 Å². The molecule has 0 radical (unpaired) electrons. The molecule has 3 heterocycles. The van der Waals surface area contributed by atoms with Crippen molar-refractivity contribution in [3.63, 3.8) is 0 Å². The second kappa shape index (κ2) is 12.7. The number of carboxylic acid groups (broad SMARTS) is 1. The Morgan fingerprint density at radius 2 is 2.00 bits per heavy atom. The molecule has 2 aromatic carbocycles. The maximum absolute atomic E-state index is 13.3. The molecular formula is C25H23N7O6S3. The highest BCUT2D eigenvalue weighted by Gasteiger charge is 2.54. The second-order valence-electron chi connectivity index (χ2n) is 8.69. The van der Waals surface area contributed by atoms with Gasteiger partial charge in [0, 0.05) is 29.0 Å². The number of β-lactam (4-membered cyclic amide) rings is 1. The van der Waals surface area contributed by atoms with Gasteiger partial charge in [-0.15, -0.1) is 16.9 Å². The number of thioether (sulfide) groups is 3. The first-order chi connectivity index (χ1) is 19.8. The first-order valence-electron chi connectivity index (χ1n) is 12.1. The number of aromatic nitrogens is 4. The van der Waals surface area contributed by atoms with Crippen LogP contribution in [-0.2, 0) is 26.3 Å². The number of carboxylic acids is 1. The predicted molar refractivity (Wildman–Crippen MR) is 152 cm³/mol. The van der Waals surface area contributed by atoms with Crippen LogP contribution in [0.2, 0.25) is 0 Å². The average Bonchev–Trinajstić information content (AvgIpc) is 3.38. The minimum Gasteiger partial charge on any atom is -0.508 e. The number of amides is 2. The number of aliphatic carboxylic acids is 1. The Kier molecular flexibility index (Phi) is 8.80. The zero-order valence-electron chi connectivity index (χ0n) is 21.4. The molecule has 41 heavy (non-hydrogen) atoms. The monoisotopic (exact) mass is 613 g/mol. The topological polar surface area (TPSA) is 172 Å². The van der Waals surface area contributed by atoms with E-state index in [1.54, 1.807) is 19.2 Å². The summed E-state index contributed by atoms with van der Waals surface area (Å²) in [6.45, 7) is 0. The lowest BCUT2D eigenvalue weighted by atomic mass is 10.0. The Hall–Kier alpha value is -4.02. The molecule has 3 aromatic rings. The summed E-state index contributed by atoms with van der Waals surface area (Å²) >= 11 is 3.99. The van der Waals surface area contributed by atoms with Crippen LogP contribution in [0.5, 0.6) is 5.75 Å². The molecular weight excluding hydrogens is 591 g/mol. The van der Waals surface area contributed by atoms with Crippen molar-refractivity contribution in [2.75, 3.05) is 17.4 Å². The van der Waals surface area contributed by atoms with Gasteiger partial charge in [-0.25, -0.2) is 9.48 Å². The summed E-state index contributed by atoms with van der Waals surface area (Å²) in [5, 5.41) is 37.7. The van der Waals surface area contributed by atoms with Gasteiger partial charge in [0.2, 0.25) is 5.16 Å². The number of aromatic hydroxyl groups is 1. The van der Waals surface area contributed by atoms with E-state index in [0.717, 1.165) is 4.90 Å². The summed E-state index contributed by atoms with van der Waals surface area (Å²) in [7, 11) is 1.67. The number of phenolic OH excluding ortho intramolecular Hbond substituents is 1. The molecule has 0 saturated carbocycles. The summed E-state index contributed by atoms with van der Waals surface area (Å²) < 4.78 is 1.47. The number of carbonyl (C=O) groups excluding carboxylic acids is 2. The number of phenols is 1. The van der Waals surface area contributed by atoms with Crippen molar-refractivity contribution in [2.24, 2.45) is 12.2 Å². The van der Waals surface area contributed by atoms with E-state index in [9.17, 15) is 24.6 Å². The van der Waals surface area contributed by atoms with Crippen molar-refractivity contribution >= 4 is 58.8 Å². The normalized spacial score (nSPS) is 18.5. The molecule has 0 bridgehead atoms. The van der Waals surface area contributed by atoms with E-state index >= 15 is 0 Å². The highest BCUT2D eigenvalue weighted by molar-refractivity contribution is 8.01. The van der Waals surface area contributed by atoms with E-state index in [2.05, 4.69) is 26.0 Å². The SMILES string of the molecule is Cn1nnnc1SCC1=C(C(=O)O)N2C(=O)C(NC(=O)C(=NOCSc3ccccc3)c3cccc(O)c3)[C@H]2SC1. The van der Waals surface area contributed by atoms with Crippen molar-refractivity contribution in [1.29, 1.82) is 0 Å². The number of benzene rings is 2. The molecule has 1 saturated heterocycles. The maximum atomic E-state index is 13.3.